The van der Waals surface area contributed by atoms with E-state index in [4.69, 9.17) is 0 Å². The molecule has 0 saturated heterocycles. The van der Waals surface area contributed by atoms with Crippen LogP contribution in [-0.4, -0.2) is 13.9 Å². The summed E-state index contributed by atoms with van der Waals surface area (Å²) in [4.78, 5) is 11.3. The van der Waals surface area contributed by atoms with Gasteiger partial charge < -0.3 is 0 Å². The second-order valence-electron chi connectivity index (χ2n) is 4.53. The summed E-state index contributed by atoms with van der Waals surface area (Å²) >= 11 is 3.44. The number of carbonyl (C=O) groups is 1. The maximum atomic E-state index is 11.3. The van der Waals surface area contributed by atoms with E-state index < -0.39 is 8.07 Å². The van der Waals surface area contributed by atoms with Crippen LogP contribution in [0.4, 0.5) is 0 Å². The smallest absolute Gasteiger partial charge is 0.159 e. The number of rotatable bonds is 2. The Kier molecular flexibility index (Phi) is 3.32. The zero-order chi connectivity index (χ0) is 10.9. The highest BCUT2D eigenvalue weighted by atomic mass is 79.9. The SMILES string of the molecule is CC(=O)c1cc(Br)cc([Si](C)(C)C)c1. The second-order valence-corrected chi connectivity index (χ2v) is 10.5. The summed E-state index contributed by atoms with van der Waals surface area (Å²) in [5.74, 6) is 0.130. The molecule has 14 heavy (non-hydrogen) atoms. The van der Waals surface area contributed by atoms with Gasteiger partial charge in [-0.15, -0.1) is 0 Å². The highest BCUT2D eigenvalue weighted by Gasteiger charge is 2.18. The predicted molar refractivity (Wildman–Crippen MR) is 67.1 cm³/mol. The molecular formula is C11H15BrOSi. The molecule has 0 bridgehead atoms. The molecule has 3 heteroatoms. The average Bonchev–Trinajstić information content (AvgIpc) is 2.01. The number of hydrogen-bond acceptors (Lipinski definition) is 1. The highest BCUT2D eigenvalue weighted by Crippen LogP contribution is 2.14. The molecule has 76 valence electrons. The summed E-state index contributed by atoms with van der Waals surface area (Å²) in [6.07, 6.45) is 0. The zero-order valence-electron chi connectivity index (χ0n) is 9.02. The molecule has 1 nitrogen and oxygen atoms in total. The van der Waals surface area contributed by atoms with Crippen molar-refractivity contribution in [1.29, 1.82) is 0 Å². The van der Waals surface area contributed by atoms with E-state index in [1.807, 2.05) is 12.1 Å². The van der Waals surface area contributed by atoms with Gasteiger partial charge in [-0.05, 0) is 19.1 Å². The molecule has 0 atom stereocenters. The van der Waals surface area contributed by atoms with Crippen LogP contribution in [0.5, 0.6) is 0 Å². The molecule has 1 aromatic rings. The van der Waals surface area contributed by atoms with Gasteiger partial charge in [0.1, 0.15) is 0 Å². The van der Waals surface area contributed by atoms with Crippen molar-refractivity contribution in [2.45, 2.75) is 26.6 Å². The second kappa shape index (κ2) is 3.99. The molecule has 0 amide bonds. The molecule has 0 heterocycles. The van der Waals surface area contributed by atoms with Crippen LogP contribution in [0.25, 0.3) is 0 Å². The third-order valence-corrected chi connectivity index (χ3v) is 4.65. The Hall–Kier alpha value is -0.413. The van der Waals surface area contributed by atoms with Crippen molar-refractivity contribution < 1.29 is 4.79 Å². The van der Waals surface area contributed by atoms with E-state index in [0.29, 0.717) is 0 Å². The fourth-order valence-electron chi connectivity index (χ4n) is 1.23. The lowest BCUT2D eigenvalue weighted by atomic mass is 10.1. The molecule has 0 aliphatic rings. The molecule has 0 aromatic heterocycles. The molecule has 0 N–H and O–H groups in total. The summed E-state index contributed by atoms with van der Waals surface area (Å²) in [6, 6.07) is 6.03. The third-order valence-electron chi connectivity index (χ3n) is 2.17. The first-order valence-electron chi connectivity index (χ1n) is 4.63. The summed E-state index contributed by atoms with van der Waals surface area (Å²) in [5.41, 5.74) is 0.803. The number of halogens is 1. The van der Waals surface area contributed by atoms with Crippen molar-refractivity contribution in [2.75, 3.05) is 0 Å². The highest BCUT2D eigenvalue weighted by molar-refractivity contribution is 9.10. The fourth-order valence-corrected chi connectivity index (χ4v) is 3.11. The summed E-state index contributed by atoms with van der Waals surface area (Å²) < 4.78 is 1.00. The van der Waals surface area contributed by atoms with Crippen molar-refractivity contribution in [3.63, 3.8) is 0 Å². The normalized spacial score (nSPS) is 11.5. The lowest BCUT2D eigenvalue weighted by Gasteiger charge is -2.17. The van der Waals surface area contributed by atoms with Crippen LogP contribution < -0.4 is 5.19 Å². The van der Waals surface area contributed by atoms with Gasteiger partial charge in [-0.25, -0.2) is 0 Å². The largest absolute Gasteiger partial charge is 0.295 e. The van der Waals surface area contributed by atoms with Crippen LogP contribution in [0.3, 0.4) is 0 Å². The minimum atomic E-state index is -1.32. The van der Waals surface area contributed by atoms with Gasteiger partial charge in [0, 0.05) is 10.0 Å². The molecule has 1 aromatic carbocycles. The summed E-state index contributed by atoms with van der Waals surface area (Å²) in [7, 11) is -1.32. The van der Waals surface area contributed by atoms with Crippen molar-refractivity contribution in [1.82, 2.24) is 0 Å². The monoisotopic (exact) mass is 270 g/mol. The number of carbonyl (C=O) groups excluding carboxylic acids is 1. The van der Waals surface area contributed by atoms with Gasteiger partial charge in [0.25, 0.3) is 0 Å². The first-order valence-corrected chi connectivity index (χ1v) is 8.92. The van der Waals surface area contributed by atoms with E-state index in [1.165, 1.54) is 5.19 Å². The molecule has 0 aliphatic heterocycles. The van der Waals surface area contributed by atoms with E-state index in [1.54, 1.807) is 6.92 Å². The van der Waals surface area contributed by atoms with Gasteiger partial charge in [0.05, 0.1) is 8.07 Å². The van der Waals surface area contributed by atoms with Crippen molar-refractivity contribution >= 4 is 35.0 Å². The summed E-state index contributed by atoms with van der Waals surface area (Å²) in [5, 5.41) is 1.32. The van der Waals surface area contributed by atoms with Crippen LogP contribution in [0.2, 0.25) is 19.6 Å². The molecule has 0 unspecified atom stereocenters. The van der Waals surface area contributed by atoms with Gasteiger partial charge in [0.2, 0.25) is 0 Å². The van der Waals surface area contributed by atoms with Crippen molar-refractivity contribution in [3.05, 3.63) is 28.2 Å². The lowest BCUT2D eigenvalue weighted by molar-refractivity contribution is 0.101. The number of Topliss-reactive ketones (excluding diaryl/α,β-unsaturated/α-hetero) is 1. The van der Waals surface area contributed by atoms with Crippen LogP contribution in [0.1, 0.15) is 17.3 Å². The van der Waals surface area contributed by atoms with Gasteiger partial charge in [-0.1, -0.05) is 46.8 Å². The Morgan fingerprint density at radius 3 is 2.21 bits per heavy atom. The Morgan fingerprint density at radius 1 is 1.21 bits per heavy atom. The summed E-state index contributed by atoms with van der Waals surface area (Å²) in [6.45, 7) is 8.44. The zero-order valence-corrected chi connectivity index (χ0v) is 11.6. The quantitative estimate of drug-likeness (QED) is 0.596. The van der Waals surface area contributed by atoms with Crippen LogP contribution in [-0.2, 0) is 0 Å². The number of hydrogen-bond donors (Lipinski definition) is 0. The Balaban J connectivity index is 3.28. The Bertz CT molecular complexity index is 366. The molecule has 0 fully saturated rings. The van der Waals surface area contributed by atoms with E-state index in [-0.39, 0.29) is 5.78 Å². The Morgan fingerprint density at radius 2 is 1.79 bits per heavy atom. The lowest BCUT2D eigenvalue weighted by Crippen LogP contribution is -2.37. The first kappa shape index (κ1) is 11.7. The maximum Gasteiger partial charge on any atom is 0.159 e. The van der Waals surface area contributed by atoms with Gasteiger partial charge in [0.15, 0.2) is 5.78 Å². The molecule has 0 saturated carbocycles. The van der Waals surface area contributed by atoms with Gasteiger partial charge >= 0.3 is 0 Å². The van der Waals surface area contributed by atoms with E-state index in [9.17, 15) is 4.79 Å². The maximum absolute atomic E-state index is 11.3. The van der Waals surface area contributed by atoms with Crippen LogP contribution >= 0.6 is 15.9 Å². The number of ketones is 1. The molecule has 0 radical (unpaired) electrons. The molecule has 1 rings (SSSR count). The standard InChI is InChI=1S/C11H15BrOSi/c1-8(13)9-5-10(12)7-11(6-9)14(2,3)4/h5-7H,1-4H3. The third kappa shape index (κ3) is 2.79. The van der Waals surface area contributed by atoms with Crippen LogP contribution in [0, 0.1) is 0 Å². The fraction of sp³-hybridized carbons (Fsp3) is 0.364. The van der Waals surface area contributed by atoms with E-state index in [0.717, 1.165) is 10.0 Å². The Labute approximate surface area is 94.7 Å². The van der Waals surface area contributed by atoms with Crippen molar-refractivity contribution in [3.8, 4) is 0 Å². The average molecular weight is 271 g/mol. The molecular weight excluding hydrogens is 256 g/mol. The molecule has 0 spiro atoms. The first-order chi connectivity index (χ1) is 6.30. The van der Waals surface area contributed by atoms with Gasteiger partial charge in [-0.2, -0.15) is 0 Å². The minimum absolute atomic E-state index is 0.130. The van der Waals surface area contributed by atoms with Crippen LogP contribution in [0.15, 0.2) is 22.7 Å². The topological polar surface area (TPSA) is 17.1 Å². The minimum Gasteiger partial charge on any atom is -0.295 e. The van der Waals surface area contributed by atoms with E-state index in [2.05, 4.69) is 41.6 Å². The van der Waals surface area contributed by atoms with E-state index >= 15 is 0 Å². The predicted octanol–water partition coefficient (Wildman–Crippen LogP) is 3.20. The molecule has 0 aliphatic carbocycles. The number of benzene rings is 1. The van der Waals surface area contributed by atoms with Crippen molar-refractivity contribution in [2.24, 2.45) is 0 Å². The van der Waals surface area contributed by atoms with Gasteiger partial charge in [-0.3, -0.25) is 4.79 Å².